The molecular weight excluding hydrogens is 308 g/mol. The fraction of sp³-hybridized carbons (Fsp3) is 0.214. The largest absolute Gasteiger partial charge is 0.350 e. The minimum Gasteiger partial charge on any atom is -0.324 e. The van der Waals surface area contributed by atoms with E-state index in [1.807, 2.05) is 42.1 Å². The Bertz CT molecular complexity index is 883. The smallest absolute Gasteiger partial charge is 0.324 e. The Morgan fingerprint density at radius 3 is 2.38 bits per heavy atom. The van der Waals surface area contributed by atoms with E-state index >= 15 is 0 Å². The topological polar surface area (TPSA) is 52.7 Å². The van der Waals surface area contributed by atoms with Crippen molar-refractivity contribution in [2.45, 2.75) is 5.03 Å². The summed E-state index contributed by atoms with van der Waals surface area (Å²) in [4.78, 5) is 20.6. The van der Waals surface area contributed by atoms with Gasteiger partial charge in [-0.15, -0.1) is 11.8 Å². The van der Waals surface area contributed by atoms with Crippen LogP contribution in [0, 0.1) is 0 Å². The van der Waals surface area contributed by atoms with Crippen LogP contribution in [0.4, 0.5) is 0 Å². The van der Waals surface area contributed by atoms with Gasteiger partial charge in [-0.3, -0.25) is 4.57 Å². The molecule has 2 heterocycles. The van der Waals surface area contributed by atoms with Crippen LogP contribution < -0.4 is 5.69 Å². The molecule has 0 bridgehead atoms. The van der Waals surface area contributed by atoms with Crippen LogP contribution in [0.15, 0.2) is 34.1 Å². The summed E-state index contributed by atoms with van der Waals surface area (Å²) < 4.78 is 3.42. The number of rotatable bonds is 2. The fourth-order valence-corrected chi connectivity index (χ4v) is 2.98. The Morgan fingerprint density at radius 1 is 1.10 bits per heavy atom. The Morgan fingerprint density at radius 2 is 1.76 bits per heavy atom. The van der Waals surface area contributed by atoms with Crippen molar-refractivity contribution in [2.24, 2.45) is 14.1 Å². The lowest BCUT2D eigenvalue weighted by Gasteiger charge is -2.05. The molecule has 0 aliphatic rings. The molecule has 2 aromatic heterocycles. The van der Waals surface area contributed by atoms with Crippen LogP contribution in [0.2, 0.25) is 5.02 Å². The molecular formula is C14H13ClN4OS. The number of hydrogen-bond donors (Lipinski definition) is 0. The molecule has 0 N–H and O–H groups in total. The molecule has 3 rings (SSSR count). The summed E-state index contributed by atoms with van der Waals surface area (Å²) in [5.74, 6) is 0.778. The van der Waals surface area contributed by atoms with E-state index in [1.165, 1.54) is 16.3 Å². The number of thioether (sulfide) groups is 1. The van der Waals surface area contributed by atoms with E-state index in [1.54, 1.807) is 7.05 Å². The summed E-state index contributed by atoms with van der Waals surface area (Å²) in [6.45, 7) is 0. The molecule has 3 aromatic rings. The summed E-state index contributed by atoms with van der Waals surface area (Å²) >= 11 is 7.37. The highest BCUT2D eigenvalue weighted by Crippen LogP contribution is 2.28. The molecule has 7 heteroatoms. The quantitative estimate of drug-likeness (QED) is 0.538. The molecule has 0 aliphatic carbocycles. The molecule has 0 saturated heterocycles. The first-order valence-corrected chi connectivity index (χ1v) is 7.86. The second-order valence-electron chi connectivity index (χ2n) is 4.64. The van der Waals surface area contributed by atoms with E-state index in [4.69, 9.17) is 11.6 Å². The van der Waals surface area contributed by atoms with Gasteiger partial charge in [-0.1, -0.05) is 11.6 Å². The van der Waals surface area contributed by atoms with E-state index in [0.29, 0.717) is 15.7 Å². The Hall–Kier alpha value is -1.79. The predicted octanol–water partition coefficient (Wildman–Crippen LogP) is 2.71. The summed E-state index contributed by atoms with van der Waals surface area (Å²) in [5.41, 5.74) is 2.13. The van der Waals surface area contributed by atoms with Crippen molar-refractivity contribution >= 4 is 34.5 Å². The van der Waals surface area contributed by atoms with Gasteiger partial charge in [-0.2, -0.15) is 4.98 Å². The lowest BCUT2D eigenvalue weighted by Crippen LogP contribution is -2.21. The number of aromatic nitrogens is 4. The highest BCUT2D eigenvalue weighted by atomic mass is 35.5. The van der Waals surface area contributed by atoms with Gasteiger partial charge in [0.25, 0.3) is 0 Å². The number of imidazole rings is 1. The maximum absolute atomic E-state index is 11.9. The van der Waals surface area contributed by atoms with Gasteiger partial charge >= 0.3 is 5.69 Å². The SMILES string of the molecule is CSc1nc(=O)n(C)c2nc(-c3ccc(Cl)cc3)n(C)c12. The molecule has 0 amide bonds. The predicted molar refractivity (Wildman–Crippen MR) is 86.0 cm³/mol. The van der Waals surface area contributed by atoms with Crippen molar-refractivity contribution in [1.29, 1.82) is 0 Å². The Balaban J connectivity index is 2.36. The third kappa shape index (κ3) is 2.24. The van der Waals surface area contributed by atoms with Gasteiger partial charge in [0.15, 0.2) is 5.65 Å². The Kier molecular flexibility index (Phi) is 3.51. The van der Waals surface area contributed by atoms with Crippen LogP contribution in [0.3, 0.4) is 0 Å². The van der Waals surface area contributed by atoms with Gasteiger partial charge in [0, 0.05) is 24.7 Å². The summed E-state index contributed by atoms with van der Waals surface area (Å²) in [6, 6.07) is 7.47. The number of fused-ring (bicyclic) bond motifs is 1. The number of benzene rings is 1. The molecule has 21 heavy (non-hydrogen) atoms. The van der Waals surface area contributed by atoms with E-state index in [0.717, 1.165) is 16.9 Å². The zero-order valence-electron chi connectivity index (χ0n) is 11.8. The maximum Gasteiger partial charge on any atom is 0.350 e. The van der Waals surface area contributed by atoms with Crippen molar-refractivity contribution in [3.8, 4) is 11.4 Å². The van der Waals surface area contributed by atoms with Crippen LogP contribution in [-0.2, 0) is 14.1 Å². The Labute approximate surface area is 130 Å². The first-order valence-electron chi connectivity index (χ1n) is 6.26. The van der Waals surface area contributed by atoms with Crippen molar-refractivity contribution in [3.05, 3.63) is 39.8 Å². The molecule has 0 radical (unpaired) electrons. The molecule has 108 valence electrons. The molecule has 0 spiro atoms. The van der Waals surface area contributed by atoms with Gasteiger partial charge in [-0.05, 0) is 30.5 Å². The van der Waals surface area contributed by atoms with Gasteiger partial charge in [0.1, 0.15) is 16.4 Å². The number of nitrogens with zero attached hydrogens (tertiary/aromatic N) is 4. The second kappa shape index (κ2) is 5.20. The van der Waals surface area contributed by atoms with Crippen LogP contribution in [0.1, 0.15) is 0 Å². The number of aryl methyl sites for hydroxylation is 2. The molecule has 0 atom stereocenters. The average Bonchev–Trinajstić information content (AvgIpc) is 2.82. The first kappa shape index (κ1) is 14.2. The van der Waals surface area contributed by atoms with Crippen molar-refractivity contribution < 1.29 is 0 Å². The van der Waals surface area contributed by atoms with Gasteiger partial charge < -0.3 is 4.57 Å². The van der Waals surface area contributed by atoms with E-state index in [9.17, 15) is 4.79 Å². The normalized spacial score (nSPS) is 11.2. The molecule has 0 fully saturated rings. The first-order chi connectivity index (χ1) is 10.0. The van der Waals surface area contributed by atoms with Crippen LogP contribution in [0.25, 0.3) is 22.6 Å². The highest BCUT2D eigenvalue weighted by Gasteiger charge is 2.17. The summed E-state index contributed by atoms with van der Waals surface area (Å²) in [6.07, 6.45) is 1.90. The number of halogens is 1. The molecule has 0 aliphatic heterocycles. The molecule has 0 unspecified atom stereocenters. The van der Waals surface area contributed by atoms with Gasteiger partial charge in [0.05, 0.1) is 0 Å². The maximum atomic E-state index is 11.9. The minimum atomic E-state index is -0.299. The van der Waals surface area contributed by atoms with Crippen molar-refractivity contribution in [1.82, 2.24) is 19.1 Å². The van der Waals surface area contributed by atoms with Crippen molar-refractivity contribution in [3.63, 3.8) is 0 Å². The standard InChI is InChI=1S/C14H13ClN4OS/c1-18-10-12(19(2)14(20)17-13(10)21-3)16-11(18)8-4-6-9(15)7-5-8/h4-7H,1-3H3. The fourth-order valence-electron chi connectivity index (χ4n) is 2.26. The summed E-state index contributed by atoms with van der Waals surface area (Å²) in [7, 11) is 3.60. The monoisotopic (exact) mass is 320 g/mol. The number of hydrogen-bond acceptors (Lipinski definition) is 4. The van der Waals surface area contributed by atoms with Crippen LogP contribution in [-0.4, -0.2) is 25.4 Å². The van der Waals surface area contributed by atoms with E-state index in [2.05, 4.69) is 9.97 Å². The second-order valence-corrected chi connectivity index (χ2v) is 5.87. The third-order valence-electron chi connectivity index (χ3n) is 3.38. The third-order valence-corrected chi connectivity index (χ3v) is 4.30. The minimum absolute atomic E-state index is 0.299. The van der Waals surface area contributed by atoms with E-state index in [-0.39, 0.29) is 5.69 Å². The lowest BCUT2D eigenvalue weighted by atomic mass is 10.2. The van der Waals surface area contributed by atoms with E-state index < -0.39 is 0 Å². The highest BCUT2D eigenvalue weighted by molar-refractivity contribution is 7.98. The van der Waals surface area contributed by atoms with Gasteiger partial charge in [0.2, 0.25) is 0 Å². The molecule has 5 nitrogen and oxygen atoms in total. The van der Waals surface area contributed by atoms with Crippen LogP contribution >= 0.6 is 23.4 Å². The van der Waals surface area contributed by atoms with Gasteiger partial charge in [-0.25, -0.2) is 9.78 Å². The summed E-state index contributed by atoms with van der Waals surface area (Å²) in [5, 5.41) is 1.36. The molecule has 0 saturated carbocycles. The lowest BCUT2D eigenvalue weighted by molar-refractivity contribution is 0.811. The average molecular weight is 321 g/mol. The zero-order valence-corrected chi connectivity index (χ0v) is 13.4. The molecule has 1 aromatic carbocycles. The zero-order chi connectivity index (χ0) is 15.1. The van der Waals surface area contributed by atoms with Crippen LogP contribution in [0.5, 0.6) is 0 Å². The van der Waals surface area contributed by atoms with Crippen molar-refractivity contribution in [2.75, 3.05) is 6.26 Å².